The van der Waals surface area contributed by atoms with Gasteiger partial charge in [0.2, 0.25) is 0 Å². The zero-order valence-electron chi connectivity index (χ0n) is 11.0. The lowest BCUT2D eigenvalue weighted by Crippen LogP contribution is -1.89. The van der Waals surface area contributed by atoms with Gasteiger partial charge in [0.05, 0.1) is 0 Å². The van der Waals surface area contributed by atoms with Crippen LogP contribution in [0.1, 0.15) is 38.1 Å². The molecule has 0 aliphatic heterocycles. The van der Waals surface area contributed by atoms with Crippen LogP contribution in [0.3, 0.4) is 0 Å². The Morgan fingerprint density at radius 2 is 1.65 bits per heavy atom. The summed E-state index contributed by atoms with van der Waals surface area (Å²) in [4.78, 5) is 1.04. The van der Waals surface area contributed by atoms with Crippen molar-refractivity contribution in [2.45, 2.75) is 38.8 Å². The molecule has 0 heterocycles. The van der Waals surface area contributed by atoms with Gasteiger partial charge in [0.25, 0.3) is 0 Å². The molecule has 17 heavy (non-hydrogen) atoms. The molecule has 1 unspecified atom stereocenters. The molecular formula is C12H24F2O2S. The first-order chi connectivity index (χ1) is 6.65. The first-order valence-electron chi connectivity index (χ1n) is 4.93. The Balaban J connectivity index is -0.000000160. The van der Waals surface area contributed by atoms with Crippen LogP contribution < -0.4 is 0 Å². The largest absolute Gasteiger partial charge is 0.412 e. The van der Waals surface area contributed by atoms with E-state index in [-0.39, 0.29) is 15.7 Å². The maximum atomic E-state index is 13.0. The molecule has 0 amide bonds. The predicted molar refractivity (Wildman–Crippen MR) is 73.6 cm³/mol. The van der Waals surface area contributed by atoms with E-state index in [1.54, 1.807) is 18.7 Å². The lowest BCUT2D eigenvalue weighted by molar-refractivity contribution is 0.369. The predicted octanol–water partition coefficient (Wildman–Crippen LogP) is 3.28. The lowest BCUT2D eigenvalue weighted by atomic mass is 10.1. The van der Waals surface area contributed by atoms with E-state index in [9.17, 15) is 4.39 Å². The van der Waals surface area contributed by atoms with E-state index in [1.807, 2.05) is 45.2 Å². The highest BCUT2D eigenvalue weighted by Crippen LogP contribution is 2.28. The number of rotatable bonds is 2. The number of halogens is 2. The van der Waals surface area contributed by atoms with Crippen LogP contribution in [-0.2, 0) is 0 Å². The zero-order valence-corrected chi connectivity index (χ0v) is 11.8. The van der Waals surface area contributed by atoms with Crippen LogP contribution in [0, 0.1) is 6.92 Å². The third kappa shape index (κ3) is 8.12. The van der Waals surface area contributed by atoms with Crippen molar-refractivity contribution in [3.05, 3.63) is 29.3 Å². The molecule has 0 radical (unpaired) electrons. The van der Waals surface area contributed by atoms with Gasteiger partial charge in [0.15, 0.2) is 0 Å². The van der Waals surface area contributed by atoms with Crippen LogP contribution in [0.4, 0.5) is 9.09 Å². The van der Waals surface area contributed by atoms with E-state index in [0.717, 1.165) is 16.0 Å². The van der Waals surface area contributed by atoms with Gasteiger partial charge >= 0.3 is 0 Å². The highest BCUT2D eigenvalue weighted by Gasteiger charge is 2.08. The minimum absolute atomic E-state index is 0. The summed E-state index contributed by atoms with van der Waals surface area (Å²) >= 11 is 1.59. The summed E-state index contributed by atoms with van der Waals surface area (Å²) in [6.45, 7) is 7.56. The van der Waals surface area contributed by atoms with Gasteiger partial charge in [-0.1, -0.05) is 31.5 Å². The number of thioether (sulfide) groups is 1. The maximum absolute atomic E-state index is 13.0. The molecule has 4 N–H and O–H groups in total. The molecule has 104 valence electrons. The summed E-state index contributed by atoms with van der Waals surface area (Å²) in [5.41, 5.74) is 1.93. The first kappa shape index (κ1) is 25.3. The molecule has 1 atom stereocenters. The molecule has 1 aromatic carbocycles. The average molecular weight is 270 g/mol. The second-order valence-corrected chi connectivity index (χ2v) is 3.71. The topological polar surface area (TPSA) is 63.0 Å². The van der Waals surface area contributed by atoms with Gasteiger partial charge in [-0.3, -0.25) is 4.70 Å². The van der Waals surface area contributed by atoms with Crippen LogP contribution in [-0.4, -0.2) is 17.2 Å². The van der Waals surface area contributed by atoms with Gasteiger partial charge in [-0.05, 0) is 31.7 Å². The summed E-state index contributed by atoms with van der Waals surface area (Å²) in [6, 6.07) is 5.90. The lowest BCUT2D eigenvalue weighted by Gasteiger charge is -2.08. The van der Waals surface area contributed by atoms with Gasteiger partial charge in [0, 0.05) is 4.90 Å². The van der Waals surface area contributed by atoms with Gasteiger partial charge < -0.3 is 11.0 Å². The highest BCUT2D eigenvalue weighted by atomic mass is 32.2. The molecule has 5 heteroatoms. The normalized spacial score (nSPS) is 9.53. The molecule has 0 bridgehead atoms. The monoisotopic (exact) mass is 270 g/mol. The summed E-state index contributed by atoms with van der Waals surface area (Å²) in [7, 11) is 0. The van der Waals surface area contributed by atoms with Crippen molar-refractivity contribution in [2.24, 2.45) is 0 Å². The van der Waals surface area contributed by atoms with E-state index in [0.29, 0.717) is 0 Å². The minimum atomic E-state index is -0.868. The number of hydrogen-bond donors (Lipinski definition) is 0. The van der Waals surface area contributed by atoms with Crippen LogP contribution in [0.25, 0.3) is 0 Å². The standard InChI is InChI=1S/C10H13FS.C2H6.FH.2H2O/c1-7-4-5-10(12-3)9(6-7)8(2)11;1-2;;;/h4-6,8H,1-3H3;1-2H3;1H;2*1H2. The second kappa shape index (κ2) is 13.4. The van der Waals surface area contributed by atoms with E-state index in [4.69, 9.17) is 0 Å². The third-order valence-corrected chi connectivity index (χ3v) is 2.63. The molecule has 0 fully saturated rings. The van der Waals surface area contributed by atoms with E-state index < -0.39 is 6.17 Å². The Morgan fingerprint density at radius 3 is 2.00 bits per heavy atom. The molecule has 0 aromatic heterocycles. The number of alkyl halides is 1. The van der Waals surface area contributed by atoms with E-state index >= 15 is 0 Å². The van der Waals surface area contributed by atoms with Crippen molar-refractivity contribution in [3.63, 3.8) is 0 Å². The number of aryl methyl sites for hydroxylation is 1. The fourth-order valence-electron chi connectivity index (χ4n) is 1.16. The van der Waals surface area contributed by atoms with Crippen molar-refractivity contribution in [3.8, 4) is 0 Å². The van der Waals surface area contributed by atoms with Crippen LogP contribution in [0.5, 0.6) is 0 Å². The highest BCUT2D eigenvalue weighted by molar-refractivity contribution is 7.98. The first-order valence-corrected chi connectivity index (χ1v) is 6.16. The Bertz CT molecular complexity index is 281. The molecule has 0 spiro atoms. The van der Waals surface area contributed by atoms with Crippen LogP contribution in [0.15, 0.2) is 23.1 Å². The fourth-order valence-corrected chi connectivity index (χ4v) is 1.83. The maximum Gasteiger partial charge on any atom is 0.123 e. The van der Waals surface area contributed by atoms with Gasteiger partial charge in [-0.25, -0.2) is 4.39 Å². The Morgan fingerprint density at radius 1 is 1.18 bits per heavy atom. The molecule has 2 nitrogen and oxygen atoms in total. The average Bonchev–Trinajstić information content (AvgIpc) is 2.20. The molecular weight excluding hydrogens is 246 g/mol. The summed E-state index contributed by atoms with van der Waals surface area (Å²) in [5, 5.41) is 0. The van der Waals surface area contributed by atoms with Gasteiger partial charge in [-0.15, -0.1) is 11.8 Å². The fraction of sp³-hybridized carbons (Fsp3) is 0.500. The Labute approximate surface area is 107 Å². The summed E-state index contributed by atoms with van der Waals surface area (Å²) in [6.07, 6.45) is 1.10. The van der Waals surface area contributed by atoms with Crippen molar-refractivity contribution in [1.29, 1.82) is 0 Å². The molecule has 1 aromatic rings. The number of hydrogen-bond acceptors (Lipinski definition) is 1. The molecule has 0 saturated carbocycles. The van der Waals surface area contributed by atoms with Crippen LogP contribution in [0.2, 0.25) is 0 Å². The van der Waals surface area contributed by atoms with Crippen molar-refractivity contribution < 1.29 is 20.0 Å². The number of benzene rings is 1. The Hall–Kier alpha value is -0.650. The van der Waals surface area contributed by atoms with Gasteiger partial charge in [0.1, 0.15) is 6.17 Å². The van der Waals surface area contributed by atoms with E-state index in [2.05, 4.69) is 0 Å². The molecule has 0 saturated heterocycles. The SMILES string of the molecule is CC.CSc1ccc(C)cc1C(C)F.F.O.O. The molecule has 1 rings (SSSR count). The quantitative estimate of drug-likeness (QED) is 0.761. The van der Waals surface area contributed by atoms with Crippen molar-refractivity contribution in [1.82, 2.24) is 0 Å². The van der Waals surface area contributed by atoms with Crippen molar-refractivity contribution in [2.75, 3.05) is 6.26 Å². The second-order valence-electron chi connectivity index (χ2n) is 2.86. The van der Waals surface area contributed by atoms with Crippen LogP contribution >= 0.6 is 11.8 Å². The molecule has 0 aliphatic carbocycles. The van der Waals surface area contributed by atoms with Crippen molar-refractivity contribution >= 4 is 11.8 Å². The van der Waals surface area contributed by atoms with E-state index in [1.165, 1.54) is 0 Å². The zero-order chi connectivity index (χ0) is 11.1. The van der Waals surface area contributed by atoms with Gasteiger partial charge in [-0.2, -0.15) is 0 Å². The Kier molecular flexibility index (Phi) is 19.9. The smallest absolute Gasteiger partial charge is 0.123 e. The summed E-state index contributed by atoms with van der Waals surface area (Å²) < 4.78 is 13.0. The summed E-state index contributed by atoms with van der Waals surface area (Å²) in [5.74, 6) is 0. The third-order valence-electron chi connectivity index (χ3n) is 1.81. The minimum Gasteiger partial charge on any atom is -0.412 e. The molecule has 0 aliphatic rings.